The van der Waals surface area contributed by atoms with E-state index in [-0.39, 0.29) is 17.1 Å². The van der Waals surface area contributed by atoms with Crippen molar-refractivity contribution >= 4 is 17.3 Å². The second kappa shape index (κ2) is 8.21. The highest BCUT2D eigenvalue weighted by Gasteiger charge is 2.13. The van der Waals surface area contributed by atoms with Gasteiger partial charge in [-0.3, -0.25) is 20.0 Å². The van der Waals surface area contributed by atoms with Gasteiger partial charge in [-0.05, 0) is 31.2 Å². The standard InChI is InChI=1S/C19H17N5O5/c1-11(12-6-7-17(25)18(9-12)29-2)20-23-19(26)16-10-15(21-22-16)13-4-3-5-14(8-13)24(27)28/h3-10,25H,1-2H3,(H,21,22)(H,23,26). The number of amides is 1. The number of aromatic amines is 1. The first-order valence-electron chi connectivity index (χ1n) is 8.41. The molecule has 1 amide bonds. The smallest absolute Gasteiger partial charge is 0.289 e. The van der Waals surface area contributed by atoms with Gasteiger partial charge in [-0.2, -0.15) is 10.2 Å². The number of ether oxygens (including phenoxy) is 1. The number of carbonyl (C=O) groups is 1. The lowest BCUT2D eigenvalue weighted by molar-refractivity contribution is -0.384. The van der Waals surface area contributed by atoms with Crippen LogP contribution < -0.4 is 10.2 Å². The van der Waals surface area contributed by atoms with Gasteiger partial charge in [0.1, 0.15) is 5.69 Å². The number of nitrogens with one attached hydrogen (secondary N) is 2. The normalized spacial score (nSPS) is 11.2. The van der Waals surface area contributed by atoms with Crippen molar-refractivity contribution in [2.45, 2.75) is 6.92 Å². The van der Waals surface area contributed by atoms with Crippen molar-refractivity contribution in [2.75, 3.05) is 7.11 Å². The van der Waals surface area contributed by atoms with Crippen molar-refractivity contribution in [3.8, 4) is 22.8 Å². The van der Waals surface area contributed by atoms with E-state index in [1.807, 2.05) is 0 Å². The van der Waals surface area contributed by atoms with Gasteiger partial charge in [-0.15, -0.1) is 0 Å². The molecule has 3 aromatic rings. The van der Waals surface area contributed by atoms with Gasteiger partial charge >= 0.3 is 0 Å². The first-order valence-corrected chi connectivity index (χ1v) is 8.41. The number of hydrogen-bond acceptors (Lipinski definition) is 7. The number of methoxy groups -OCH3 is 1. The summed E-state index contributed by atoms with van der Waals surface area (Å²) in [6.07, 6.45) is 0. The van der Waals surface area contributed by atoms with E-state index in [2.05, 4.69) is 20.7 Å². The minimum absolute atomic E-state index is 0.000719. The number of hydrogen-bond donors (Lipinski definition) is 3. The number of benzene rings is 2. The molecule has 0 atom stereocenters. The van der Waals surface area contributed by atoms with Crippen LogP contribution in [0.4, 0.5) is 5.69 Å². The highest BCUT2D eigenvalue weighted by Crippen LogP contribution is 2.26. The molecule has 0 bridgehead atoms. The number of H-pyrrole nitrogens is 1. The molecular formula is C19H17N5O5. The lowest BCUT2D eigenvalue weighted by Crippen LogP contribution is -2.19. The molecule has 10 nitrogen and oxygen atoms in total. The maximum atomic E-state index is 12.3. The topological polar surface area (TPSA) is 143 Å². The molecule has 0 spiro atoms. The van der Waals surface area contributed by atoms with E-state index in [1.54, 1.807) is 31.2 Å². The van der Waals surface area contributed by atoms with Crippen LogP contribution in [-0.4, -0.2) is 39.0 Å². The SMILES string of the molecule is COc1cc(C(C)=NNC(=O)c2cc(-c3cccc([N+](=O)[O-])c3)n[nH]2)ccc1O. The first-order chi connectivity index (χ1) is 13.9. The number of nitro groups is 1. The van der Waals surface area contributed by atoms with Crippen LogP contribution in [0.25, 0.3) is 11.3 Å². The largest absolute Gasteiger partial charge is 0.504 e. The van der Waals surface area contributed by atoms with E-state index in [4.69, 9.17) is 4.74 Å². The van der Waals surface area contributed by atoms with Crippen LogP contribution in [0.2, 0.25) is 0 Å². The molecule has 3 N–H and O–H groups in total. The van der Waals surface area contributed by atoms with Gasteiger partial charge in [0.25, 0.3) is 11.6 Å². The molecule has 0 saturated carbocycles. The third-order valence-electron chi connectivity index (χ3n) is 4.10. The fourth-order valence-electron chi connectivity index (χ4n) is 2.53. The van der Waals surface area contributed by atoms with Crippen molar-refractivity contribution in [3.63, 3.8) is 0 Å². The number of hydrazone groups is 1. The number of aromatic nitrogens is 2. The third-order valence-corrected chi connectivity index (χ3v) is 4.10. The average molecular weight is 395 g/mol. The molecule has 3 rings (SSSR count). The molecule has 2 aromatic carbocycles. The number of nitrogens with zero attached hydrogens (tertiary/aromatic N) is 3. The van der Waals surface area contributed by atoms with Gasteiger partial charge in [0, 0.05) is 23.3 Å². The van der Waals surface area contributed by atoms with Crippen molar-refractivity contribution in [2.24, 2.45) is 5.10 Å². The molecule has 0 saturated heterocycles. The summed E-state index contributed by atoms with van der Waals surface area (Å²) in [5.74, 6) is -0.239. The van der Waals surface area contributed by atoms with Gasteiger partial charge in [0.05, 0.1) is 23.4 Å². The highest BCUT2D eigenvalue weighted by molar-refractivity contribution is 6.01. The summed E-state index contributed by atoms with van der Waals surface area (Å²) >= 11 is 0. The van der Waals surface area contributed by atoms with Crippen molar-refractivity contribution in [3.05, 3.63) is 69.9 Å². The number of aromatic hydroxyl groups is 1. The maximum Gasteiger partial charge on any atom is 0.289 e. The van der Waals surface area contributed by atoms with Gasteiger partial charge in [-0.25, -0.2) is 5.43 Å². The minimum Gasteiger partial charge on any atom is -0.504 e. The highest BCUT2D eigenvalue weighted by atomic mass is 16.6. The Balaban J connectivity index is 1.74. The van der Waals surface area contributed by atoms with Crippen LogP contribution in [0.5, 0.6) is 11.5 Å². The molecule has 29 heavy (non-hydrogen) atoms. The summed E-state index contributed by atoms with van der Waals surface area (Å²) in [6.45, 7) is 1.69. The summed E-state index contributed by atoms with van der Waals surface area (Å²) in [5, 5.41) is 31.2. The van der Waals surface area contributed by atoms with E-state index in [1.165, 1.54) is 31.4 Å². The van der Waals surface area contributed by atoms with E-state index in [9.17, 15) is 20.0 Å². The number of non-ortho nitro benzene ring substituents is 1. The van der Waals surface area contributed by atoms with Crippen molar-refractivity contribution in [1.29, 1.82) is 0 Å². The summed E-state index contributed by atoms with van der Waals surface area (Å²) < 4.78 is 5.05. The van der Waals surface area contributed by atoms with Gasteiger partial charge in [0.2, 0.25) is 0 Å². The predicted octanol–water partition coefficient (Wildman–Crippen LogP) is 2.85. The van der Waals surface area contributed by atoms with E-state index >= 15 is 0 Å². The average Bonchev–Trinajstić information content (AvgIpc) is 3.22. The summed E-state index contributed by atoms with van der Waals surface area (Å²) in [5.41, 5.74) is 4.53. The Morgan fingerprint density at radius 2 is 2.07 bits per heavy atom. The van der Waals surface area contributed by atoms with Crippen LogP contribution in [0.3, 0.4) is 0 Å². The van der Waals surface area contributed by atoms with E-state index in [0.29, 0.717) is 28.3 Å². The summed E-state index contributed by atoms with van der Waals surface area (Å²) in [6, 6.07) is 12.1. The molecule has 0 aliphatic carbocycles. The van der Waals surface area contributed by atoms with Crippen molar-refractivity contribution in [1.82, 2.24) is 15.6 Å². The first kappa shape index (κ1) is 19.5. The maximum absolute atomic E-state index is 12.3. The van der Waals surface area contributed by atoms with Crippen molar-refractivity contribution < 1.29 is 19.6 Å². The Bertz CT molecular complexity index is 1110. The van der Waals surface area contributed by atoms with Crippen LogP contribution in [0.15, 0.2) is 53.6 Å². The Morgan fingerprint density at radius 3 is 2.79 bits per heavy atom. The Morgan fingerprint density at radius 1 is 1.28 bits per heavy atom. The zero-order chi connectivity index (χ0) is 21.0. The lowest BCUT2D eigenvalue weighted by Gasteiger charge is -2.06. The Labute approximate surface area is 165 Å². The minimum atomic E-state index is -0.528. The number of rotatable bonds is 6. The molecule has 0 unspecified atom stereocenters. The molecule has 148 valence electrons. The summed E-state index contributed by atoms with van der Waals surface area (Å²) in [7, 11) is 1.43. The fraction of sp³-hybridized carbons (Fsp3) is 0.105. The number of phenols is 1. The number of carbonyl (C=O) groups excluding carboxylic acids is 1. The summed E-state index contributed by atoms with van der Waals surface area (Å²) in [4.78, 5) is 22.7. The molecule has 1 aromatic heterocycles. The van der Waals surface area contributed by atoms with Crippen LogP contribution in [-0.2, 0) is 0 Å². The molecule has 0 aliphatic heterocycles. The van der Waals surface area contributed by atoms with E-state index < -0.39 is 10.8 Å². The third kappa shape index (κ3) is 4.38. The van der Waals surface area contributed by atoms with Gasteiger partial charge in [-0.1, -0.05) is 12.1 Å². The second-order valence-corrected chi connectivity index (χ2v) is 6.00. The molecular weight excluding hydrogens is 378 g/mol. The van der Waals surface area contributed by atoms with E-state index in [0.717, 1.165) is 0 Å². The second-order valence-electron chi connectivity index (χ2n) is 6.00. The quantitative estimate of drug-likeness (QED) is 0.333. The van der Waals surface area contributed by atoms with Crippen LogP contribution >= 0.6 is 0 Å². The fourth-order valence-corrected chi connectivity index (χ4v) is 2.53. The number of nitro benzene ring substituents is 1. The Hall–Kier alpha value is -4.21. The van der Waals surface area contributed by atoms with Crippen LogP contribution in [0, 0.1) is 10.1 Å². The number of phenolic OH excluding ortho intramolecular Hbond substituents is 1. The Kier molecular flexibility index (Phi) is 5.54. The monoisotopic (exact) mass is 395 g/mol. The zero-order valence-electron chi connectivity index (χ0n) is 15.5. The molecule has 0 radical (unpaired) electrons. The molecule has 10 heteroatoms. The molecule has 0 aliphatic rings. The lowest BCUT2D eigenvalue weighted by atomic mass is 10.1. The van der Waals surface area contributed by atoms with Gasteiger partial charge < -0.3 is 9.84 Å². The predicted molar refractivity (Wildman–Crippen MR) is 105 cm³/mol. The zero-order valence-corrected chi connectivity index (χ0v) is 15.5. The van der Waals surface area contributed by atoms with Crippen LogP contribution in [0.1, 0.15) is 23.0 Å². The molecule has 1 heterocycles. The van der Waals surface area contributed by atoms with Gasteiger partial charge in [0.15, 0.2) is 11.5 Å². The molecule has 0 fully saturated rings.